The van der Waals surface area contributed by atoms with Crippen LogP contribution in [0.1, 0.15) is 23.7 Å². The minimum absolute atomic E-state index is 0.138. The molecule has 1 unspecified atom stereocenters. The van der Waals surface area contributed by atoms with Crippen molar-refractivity contribution in [2.75, 3.05) is 11.9 Å². The van der Waals surface area contributed by atoms with Gasteiger partial charge in [-0.25, -0.2) is 15.0 Å². The van der Waals surface area contributed by atoms with Gasteiger partial charge in [-0.3, -0.25) is 4.79 Å². The maximum atomic E-state index is 12.8. The van der Waals surface area contributed by atoms with Crippen LogP contribution >= 0.6 is 0 Å². The quantitative estimate of drug-likeness (QED) is 0.203. The Balaban J connectivity index is 1.43. The van der Waals surface area contributed by atoms with Crippen molar-refractivity contribution in [2.45, 2.75) is 26.1 Å². The summed E-state index contributed by atoms with van der Waals surface area (Å²) in [4.78, 5) is 26.7. The summed E-state index contributed by atoms with van der Waals surface area (Å²) in [7, 11) is 0. The van der Waals surface area contributed by atoms with Crippen LogP contribution in [0.2, 0.25) is 0 Å². The van der Waals surface area contributed by atoms with Crippen LogP contribution < -0.4 is 10.6 Å². The van der Waals surface area contributed by atoms with E-state index < -0.39 is 6.23 Å². The first-order chi connectivity index (χ1) is 18.1. The van der Waals surface area contributed by atoms with Crippen LogP contribution in [0.3, 0.4) is 0 Å². The lowest BCUT2D eigenvalue weighted by Crippen LogP contribution is -2.25. The molecule has 0 saturated heterocycles. The molecule has 0 aliphatic rings. The molecule has 0 spiro atoms. The van der Waals surface area contributed by atoms with Crippen molar-refractivity contribution in [3.8, 4) is 22.5 Å². The molecule has 0 aliphatic carbocycles. The molecule has 37 heavy (non-hydrogen) atoms. The Morgan fingerprint density at radius 1 is 0.946 bits per heavy atom. The van der Waals surface area contributed by atoms with E-state index in [4.69, 9.17) is 9.97 Å². The highest BCUT2D eigenvalue weighted by Gasteiger charge is 2.15. The fraction of sp³-hybridized carbons (Fsp3) is 0.172. The summed E-state index contributed by atoms with van der Waals surface area (Å²) < 4.78 is 1.98. The summed E-state index contributed by atoms with van der Waals surface area (Å²) in [5.74, 6) is -0.138. The van der Waals surface area contributed by atoms with Crippen LogP contribution in [0.4, 0.5) is 5.69 Å². The monoisotopic (exact) mass is 492 g/mol. The first-order valence-electron chi connectivity index (χ1n) is 12.2. The number of rotatable bonds is 9. The average Bonchev–Trinajstić information content (AvgIpc) is 3.44. The molecule has 0 fully saturated rings. The van der Waals surface area contributed by atoms with Crippen LogP contribution in [0.25, 0.3) is 33.5 Å². The zero-order valence-corrected chi connectivity index (χ0v) is 20.5. The van der Waals surface area contributed by atoms with Gasteiger partial charge in [-0.2, -0.15) is 0 Å². The van der Waals surface area contributed by atoms with E-state index in [1.165, 1.54) is 0 Å². The molecular formula is C29H28N6O2. The number of nitrogens with one attached hydrogen (secondary N) is 2. The highest BCUT2D eigenvalue weighted by atomic mass is 16.3. The number of aryl methyl sites for hydroxylation is 1. The molecule has 1 amide bonds. The number of hydrogen-bond acceptors (Lipinski definition) is 6. The zero-order valence-electron chi connectivity index (χ0n) is 20.5. The second-order valence-corrected chi connectivity index (χ2v) is 8.80. The number of carbonyl (C=O) groups is 1. The Labute approximate surface area is 215 Å². The summed E-state index contributed by atoms with van der Waals surface area (Å²) in [6.45, 7) is 3.03. The summed E-state index contributed by atoms with van der Waals surface area (Å²) in [5.41, 5.74) is 6.05. The minimum Gasteiger partial charge on any atom is -0.374 e. The van der Waals surface area contributed by atoms with Crippen molar-refractivity contribution in [3.63, 3.8) is 0 Å². The number of aliphatic hydroxyl groups is 1. The van der Waals surface area contributed by atoms with Gasteiger partial charge in [0.05, 0.1) is 28.7 Å². The van der Waals surface area contributed by atoms with Crippen LogP contribution in [-0.4, -0.2) is 43.3 Å². The smallest absolute Gasteiger partial charge is 0.251 e. The predicted octanol–water partition coefficient (Wildman–Crippen LogP) is 4.73. The van der Waals surface area contributed by atoms with Gasteiger partial charge in [0.25, 0.3) is 5.91 Å². The number of amides is 1. The third kappa shape index (κ3) is 5.82. The normalized spacial score (nSPS) is 11.8. The van der Waals surface area contributed by atoms with E-state index in [0.717, 1.165) is 41.2 Å². The van der Waals surface area contributed by atoms with Crippen molar-refractivity contribution < 1.29 is 9.90 Å². The van der Waals surface area contributed by atoms with E-state index in [9.17, 15) is 9.90 Å². The van der Waals surface area contributed by atoms with Crippen LogP contribution in [-0.2, 0) is 6.54 Å². The molecule has 5 rings (SSSR count). The molecule has 8 heteroatoms. The summed E-state index contributed by atoms with van der Waals surface area (Å²) >= 11 is 0. The van der Waals surface area contributed by atoms with Crippen molar-refractivity contribution in [2.24, 2.45) is 0 Å². The van der Waals surface area contributed by atoms with E-state index in [-0.39, 0.29) is 5.91 Å². The number of fused-ring (bicyclic) bond motifs is 1. The molecule has 0 bridgehead atoms. The number of hydrogen-bond donors (Lipinski definition) is 3. The molecule has 2 heterocycles. The largest absolute Gasteiger partial charge is 0.374 e. The van der Waals surface area contributed by atoms with Crippen molar-refractivity contribution in [3.05, 3.63) is 97.1 Å². The van der Waals surface area contributed by atoms with E-state index >= 15 is 0 Å². The number of aliphatic hydroxyl groups excluding tert-OH is 1. The highest BCUT2D eigenvalue weighted by molar-refractivity contribution is 5.98. The Morgan fingerprint density at radius 3 is 2.38 bits per heavy atom. The second kappa shape index (κ2) is 11.0. The molecule has 2 aromatic heterocycles. The molecule has 1 atom stereocenters. The molecule has 3 aromatic carbocycles. The maximum absolute atomic E-state index is 12.8. The number of imidazole rings is 1. The Morgan fingerprint density at radius 2 is 1.68 bits per heavy atom. The molecule has 0 aliphatic heterocycles. The van der Waals surface area contributed by atoms with Crippen LogP contribution in [0.15, 0.2) is 91.5 Å². The average molecular weight is 493 g/mol. The fourth-order valence-corrected chi connectivity index (χ4v) is 4.14. The van der Waals surface area contributed by atoms with Crippen molar-refractivity contribution in [1.29, 1.82) is 0 Å². The van der Waals surface area contributed by atoms with Crippen LogP contribution in [0, 0.1) is 0 Å². The lowest BCUT2D eigenvalue weighted by molar-refractivity contribution is 0.0953. The number of aromatic nitrogens is 4. The van der Waals surface area contributed by atoms with Gasteiger partial charge in [0, 0.05) is 47.9 Å². The number of carbonyl (C=O) groups excluding carboxylic acids is 1. The molecule has 3 N–H and O–H groups in total. The van der Waals surface area contributed by atoms with Crippen LogP contribution in [0.5, 0.6) is 0 Å². The summed E-state index contributed by atoms with van der Waals surface area (Å²) in [5, 5.41) is 15.6. The maximum Gasteiger partial charge on any atom is 0.251 e. The number of nitrogens with zero attached hydrogens (tertiary/aromatic N) is 4. The molecule has 0 radical (unpaired) electrons. The third-order valence-corrected chi connectivity index (χ3v) is 5.95. The van der Waals surface area contributed by atoms with E-state index in [0.29, 0.717) is 23.1 Å². The van der Waals surface area contributed by atoms with Gasteiger partial charge >= 0.3 is 0 Å². The van der Waals surface area contributed by atoms with Gasteiger partial charge in [-0.1, -0.05) is 42.5 Å². The summed E-state index contributed by atoms with van der Waals surface area (Å²) in [6, 6.07) is 23.0. The lowest BCUT2D eigenvalue weighted by atomic mass is 10.0. The summed E-state index contributed by atoms with van der Waals surface area (Å²) in [6.07, 6.45) is 5.58. The van der Waals surface area contributed by atoms with Gasteiger partial charge in [-0.05, 0) is 43.7 Å². The van der Waals surface area contributed by atoms with Gasteiger partial charge in [0.2, 0.25) is 0 Å². The van der Waals surface area contributed by atoms with Gasteiger partial charge in [0.15, 0.2) is 0 Å². The molecule has 0 saturated carbocycles. The van der Waals surface area contributed by atoms with E-state index in [2.05, 4.69) is 15.6 Å². The second-order valence-electron chi connectivity index (χ2n) is 8.80. The first-order valence-corrected chi connectivity index (χ1v) is 12.2. The number of anilines is 1. The molecular weight excluding hydrogens is 464 g/mol. The van der Waals surface area contributed by atoms with Gasteiger partial charge in [0.1, 0.15) is 6.23 Å². The Bertz CT molecular complexity index is 1480. The third-order valence-electron chi connectivity index (χ3n) is 5.95. The standard InChI is InChI=1S/C29H28N6O2/c1-20(36)32-24-11-8-22(9-12-24)28-27(21-6-3-2-4-7-21)34-26-18-23(10-13-25(26)33-28)29(37)31-14-5-16-35-17-15-30-19-35/h2-4,6-13,15,17-20,32,36H,5,14,16H2,1H3,(H,31,37). The predicted molar refractivity (Wildman–Crippen MR) is 145 cm³/mol. The first kappa shape index (κ1) is 24.1. The Hall–Kier alpha value is -4.56. The van der Waals surface area contributed by atoms with Gasteiger partial charge in [-0.15, -0.1) is 0 Å². The lowest BCUT2D eigenvalue weighted by Gasteiger charge is -2.13. The Kier molecular flexibility index (Phi) is 7.19. The highest BCUT2D eigenvalue weighted by Crippen LogP contribution is 2.32. The van der Waals surface area contributed by atoms with E-state index in [1.807, 2.05) is 71.4 Å². The molecule has 186 valence electrons. The van der Waals surface area contributed by atoms with E-state index in [1.54, 1.807) is 31.6 Å². The minimum atomic E-state index is -0.644. The topological polar surface area (TPSA) is 105 Å². The number of benzene rings is 3. The SMILES string of the molecule is CC(O)Nc1ccc(-c2nc3ccc(C(=O)NCCCn4ccnc4)cc3nc2-c2ccccc2)cc1. The fourth-order valence-electron chi connectivity index (χ4n) is 4.14. The molecule has 5 aromatic rings. The zero-order chi connectivity index (χ0) is 25.6. The van der Waals surface area contributed by atoms with Crippen molar-refractivity contribution >= 4 is 22.6 Å². The van der Waals surface area contributed by atoms with Gasteiger partial charge < -0.3 is 20.3 Å². The van der Waals surface area contributed by atoms with Crippen molar-refractivity contribution in [1.82, 2.24) is 24.8 Å². The molecule has 8 nitrogen and oxygen atoms in total.